The van der Waals surface area contributed by atoms with Gasteiger partial charge in [0.1, 0.15) is 12.2 Å². The molecule has 2 N–H and O–H groups in total. The number of nitrogens with zero attached hydrogens (tertiary/aromatic N) is 5. The Balaban J connectivity index is 0.00000243. The van der Waals surface area contributed by atoms with Crippen LogP contribution in [-0.4, -0.2) is 51.2 Å². The minimum atomic E-state index is 0. The molecule has 0 radical (unpaired) electrons. The first-order chi connectivity index (χ1) is 12.2. The first-order valence-electron chi connectivity index (χ1n) is 8.48. The van der Waals surface area contributed by atoms with E-state index in [1.54, 1.807) is 18.1 Å². The SMILES string of the molecule is CN=C(NCCCc1c[nH]c2ccccc12)N(C)Cc1ncnn1C.I. The number of fused-ring (bicyclic) bond motifs is 1. The zero-order valence-corrected chi connectivity index (χ0v) is 17.8. The third-order valence-corrected chi connectivity index (χ3v) is 4.34. The largest absolute Gasteiger partial charge is 0.361 e. The molecule has 0 amide bonds. The van der Waals surface area contributed by atoms with Crippen molar-refractivity contribution in [1.29, 1.82) is 0 Å². The molecule has 2 aromatic heterocycles. The minimum Gasteiger partial charge on any atom is -0.361 e. The molecule has 0 aliphatic rings. The highest BCUT2D eigenvalue weighted by Crippen LogP contribution is 2.18. The van der Waals surface area contributed by atoms with Gasteiger partial charge in [0.05, 0.1) is 6.54 Å². The van der Waals surface area contributed by atoms with E-state index in [-0.39, 0.29) is 24.0 Å². The third-order valence-electron chi connectivity index (χ3n) is 4.34. The van der Waals surface area contributed by atoms with Gasteiger partial charge in [-0.05, 0) is 24.5 Å². The molecule has 0 aliphatic heterocycles. The van der Waals surface area contributed by atoms with Crippen molar-refractivity contribution in [3.63, 3.8) is 0 Å². The zero-order chi connectivity index (χ0) is 17.6. The highest BCUT2D eigenvalue weighted by atomic mass is 127. The maximum atomic E-state index is 4.35. The molecule has 3 rings (SSSR count). The highest BCUT2D eigenvalue weighted by molar-refractivity contribution is 14.0. The van der Waals surface area contributed by atoms with Crippen LogP contribution < -0.4 is 5.32 Å². The van der Waals surface area contributed by atoms with Gasteiger partial charge in [0.25, 0.3) is 0 Å². The number of hydrogen-bond acceptors (Lipinski definition) is 3. The summed E-state index contributed by atoms with van der Waals surface area (Å²) in [5.41, 5.74) is 2.56. The average molecular weight is 467 g/mol. The van der Waals surface area contributed by atoms with E-state index in [0.29, 0.717) is 6.54 Å². The number of benzene rings is 1. The fraction of sp³-hybridized carbons (Fsp3) is 0.389. The van der Waals surface area contributed by atoms with Crippen LogP contribution in [0, 0.1) is 0 Å². The van der Waals surface area contributed by atoms with Crippen molar-refractivity contribution in [2.24, 2.45) is 12.0 Å². The summed E-state index contributed by atoms with van der Waals surface area (Å²) >= 11 is 0. The number of halogens is 1. The zero-order valence-electron chi connectivity index (χ0n) is 15.4. The average Bonchev–Trinajstić information content (AvgIpc) is 3.21. The van der Waals surface area contributed by atoms with Crippen molar-refractivity contribution >= 4 is 40.8 Å². The number of aryl methyl sites for hydroxylation is 2. The lowest BCUT2D eigenvalue weighted by molar-refractivity contribution is 0.448. The third kappa shape index (κ3) is 4.75. The Labute approximate surface area is 170 Å². The number of aromatic amines is 1. The quantitative estimate of drug-likeness (QED) is 0.253. The molecule has 7 nitrogen and oxygen atoms in total. The lowest BCUT2D eigenvalue weighted by atomic mass is 10.1. The Morgan fingerprint density at radius 2 is 2.15 bits per heavy atom. The van der Waals surface area contributed by atoms with Crippen molar-refractivity contribution in [3.05, 3.63) is 48.2 Å². The fourth-order valence-corrected chi connectivity index (χ4v) is 2.95. The second-order valence-electron chi connectivity index (χ2n) is 6.09. The molecule has 3 aromatic rings. The fourth-order valence-electron chi connectivity index (χ4n) is 2.95. The van der Waals surface area contributed by atoms with Crippen LogP contribution in [0.1, 0.15) is 17.8 Å². The van der Waals surface area contributed by atoms with Crippen LogP contribution >= 0.6 is 24.0 Å². The van der Waals surface area contributed by atoms with Gasteiger partial charge in [-0.25, -0.2) is 4.98 Å². The van der Waals surface area contributed by atoms with Crippen molar-refractivity contribution in [2.75, 3.05) is 20.6 Å². The molecule has 0 atom stereocenters. The van der Waals surface area contributed by atoms with Crippen LogP contribution in [0.5, 0.6) is 0 Å². The van der Waals surface area contributed by atoms with Gasteiger partial charge in [0, 0.05) is 44.8 Å². The van der Waals surface area contributed by atoms with Gasteiger partial charge in [0.2, 0.25) is 0 Å². The summed E-state index contributed by atoms with van der Waals surface area (Å²) in [6.45, 7) is 1.54. The molecule has 0 fully saturated rings. The lowest BCUT2D eigenvalue weighted by Crippen LogP contribution is -2.39. The van der Waals surface area contributed by atoms with Crippen molar-refractivity contribution in [1.82, 2.24) is 30.0 Å². The Morgan fingerprint density at radius 3 is 2.88 bits per heavy atom. The van der Waals surface area contributed by atoms with Crippen LogP contribution in [0.2, 0.25) is 0 Å². The molecule has 0 spiro atoms. The van der Waals surface area contributed by atoms with E-state index in [1.807, 2.05) is 14.1 Å². The summed E-state index contributed by atoms with van der Waals surface area (Å²) in [6, 6.07) is 8.42. The topological polar surface area (TPSA) is 74.1 Å². The molecule has 26 heavy (non-hydrogen) atoms. The van der Waals surface area contributed by atoms with E-state index in [1.165, 1.54) is 16.5 Å². The van der Waals surface area contributed by atoms with E-state index in [2.05, 4.69) is 60.7 Å². The van der Waals surface area contributed by atoms with E-state index in [4.69, 9.17) is 0 Å². The summed E-state index contributed by atoms with van der Waals surface area (Å²) in [6.07, 6.45) is 5.75. The van der Waals surface area contributed by atoms with E-state index >= 15 is 0 Å². The molecule has 8 heteroatoms. The van der Waals surface area contributed by atoms with Crippen molar-refractivity contribution in [3.8, 4) is 0 Å². The molecule has 1 aromatic carbocycles. The van der Waals surface area contributed by atoms with Gasteiger partial charge in [0.15, 0.2) is 5.96 Å². The number of nitrogens with one attached hydrogen (secondary N) is 2. The standard InChI is InChI=1S/C18H25N7.HI/c1-19-18(24(2)12-17-22-13-23-25(17)3)20-10-6-7-14-11-21-16-9-5-4-8-15(14)16;/h4-5,8-9,11,13,21H,6-7,10,12H2,1-3H3,(H,19,20);1H. The molecule has 0 unspecified atom stereocenters. The van der Waals surface area contributed by atoms with E-state index in [0.717, 1.165) is 31.2 Å². The molecular weight excluding hydrogens is 441 g/mol. The molecule has 0 saturated carbocycles. The monoisotopic (exact) mass is 467 g/mol. The first-order valence-corrected chi connectivity index (χ1v) is 8.48. The molecule has 0 aliphatic carbocycles. The summed E-state index contributed by atoms with van der Waals surface area (Å²) in [4.78, 5) is 14.0. The Morgan fingerprint density at radius 1 is 1.35 bits per heavy atom. The number of hydrogen-bond donors (Lipinski definition) is 2. The Bertz CT molecular complexity index is 852. The van der Waals surface area contributed by atoms with E-state index in [9.17, 15) is 0 Å². The van der Waals surface area contributed by atoms with Gasteiger partial charge in [-0.15, -0.1) is 24.0 Å². The maximum Gasteiger partial charge on any atom is 0.193 e. The molecule has 140 valence electrons. The van der Waals surface area contributed by atoms with Crippen LogP contribution in [0.15, 0.2) is 41.8 Å². The first kappa shape index (κ1) is 20.2. The van der Waals surface area contributed by atoms with Crippen molar-refractivity contribution < 1.29 is 0 Å². The van der Waals surface area contributed by atoms with Crippen LogP contribution in [0.25, 0.3) is 10.9 Å². The Hall–Kier alpha value is -2.10. The number of aliphatic imine (C=N–C) groups is 1. The Kier molecular flexibility index (Phi) is 7.43. The van der Waals surface area contributed by atoms with Gasteiger partial charge < -0.3 is 15.2 Å². The van der Waals surface area contributed by atoms with Crippen molar-refractivity contribution in [2.45, 2.75) is 19.4 Å². The second-order valence-corrected chi connectivity index (χ2v) is 6.09. The number of rotatable bonds is 6. The van der Waals surface area contributed by atoms with E-state index < -0.39 is 0 Å². The molecule has 2 heterocycles. The predicted octanol–water partition coefficient (Wildman–Crippen LogP) is 2.55. The summed E-state index contributed by atoms with van der Waals surface area (Å²) < 4.78 is 1.78. The van der Waals surface area contributed by atoms with Crippen LogP contribution in [0.3, 0.4) is 0 Å². The van der Waals surface area contributed by atoms with Gasteiger partial charge in [-0.3, -0.25) is 9.67 Å². The predicted molar refractivity (Wildman–Crippen MR) is 116 cm³/mol. The number of para-hydroxylation sites is 1. The second kappa shape index (κ2) is 9.56. The number of guanidine groups is 1. The van der Waals surface area contributed by atoms with Gasteiger partial charge in [-0.1, -0.05) is 18.2 Å². The smallest absolute Gasteiger partial charge is 0.193 e. The van der Waals surface area contributed by atoms with Gasteiger partial charge >= 0.3 is 0 Å². The summed E-state index contributed by atoms with van der Waals surface area (Å²) in [5, 5.41) is 8.83. The minimum absolute atomic E-state index is 0. The number of H-pyrrole nitrogens is 1. The number of aromatic nitrogens is 4. The highest BCUT2D eigenvalue weighted by Gasteiger charge is 2.10. The van der Waals surface area contributed by atoms with Gasteiger partial charge in [-0.2, -0.15) is 5.10 Å². The summed E-state index contributed by atoms with van der Waals surface area (Å²) in [7, 11) is 5.70. The summed E-state index contributed by atoms with van der Waals surface area (Å²) in [5.74, 6) is 1.77. The maximum absolute atomic E-state index is 4.35. The van der Waals surface area contributed by atoms with Crippen LogP contribution in [0.4, 0.5) is 0 Å². The lowest BCUT2D eigenvalue weighted by Gasteiger charge is -2.21. The van der Waals surface area contributed by atoms with Crippen LogP contribution in [-0.2, 0) is 20.0 Å². The molecular formula is C18H26IN7. The molecule has 0 bridgehead atoms. The molecule has 0 saturated heterocycles. The normalized spacial score (nSPS) is 11.4.